The number of hydroxylamine groups is 2. The zero-order valence-electron chi connectivity index (χ0n) is 8.10. The van der Waals surface area contributed by atoms with Gasteiger partial charge in [0.25, 0.3) is 5.91 Å². The number of nitrogens with zero attached hydrogens (tertiary/aromatic N) is 1. The summed E-state index contributed by atoms with van der Waals surface area (Å²) in [6.45, 7) is 0. The highest BCUT2D eigenvalue weighted by atomic mass is 32.2. The molecule has 0 saturated heterocycles. The average molecular weight is 222 g/mol. The van der Waals surface area contributed by atoms with Crippen LogP contribution in [0.5, 0.6) is 0 Å². The predicted molar refractivity (Wildman–Crippen MR) is 58.0 cm³/mol. The summed E-state index contributed by atoms with van der Waals surface area (Å²) in [4.78, 5) is 12.5. The second-order valence-corrected chi connectivity index (χ2v) is 3.98. The van der Waals surface area contributed by atoms with Crippen LogP contribution in [0.1, 0.15) is 5.56 Å². The van der Waals surface area contributed by atoms with Gasteiger partial charge in [-0.3, -0.25) is 10.0 Å². The number of benzene rings is 1. The standard InChI is InChI=1S/C10H10N2O2S/c1-12(14)10(13)8-6-7-4-2-3-5-9(7)15-11-8/h2-6,11,14H,1H3. The van der Waals surface area contributed by atoms with Gasteiger partial charge in [0.05, 0.1) is 0 Å². The van der Waals surface area contributed by atoms with E-state index >= 15 is 0 Å². The lowest BCUT2D eigenvalue weighted by Crippen LogP contribution is -2.29. The molecule has 1 aliphatic rings. The van der Waals surface area contributed by atoms with Crippen molar-refractivity contribution < 1.29 is 10.0 Å². The zero-order valence-corrected chi connectivity index (χ0v) is 8.91. The maximum absolute atomic E-state index is 11.4. The fraction of sp³-hybridized carbons (Fsp3) is 0.100. The molecule has 1 aromatic carbocycles. The Morgan fingerprint density at radius 3 is 2.93 bits per heavy atom. The molecule has 78 valence electrons. The molecule has 2 N–H and O–H groups in total. The minimum Gasteiger partial charge on any atom is -0.321 e. The van der Waals surface area contributed by atoms with E-state index in [0.717, 1.165) is 10.5 Å². The number of amides is 1. The Balaban J connectivity index is 2.33. The molecule has 0 radical (unpaired) electrons. The number of hydrogen-bond acceptors (Lipinski definition) is 4. The fourth-order valence-electron chi connectivity index (χ4n) is 1.27. The average Bonchev–Trinajstić information content (AvgIpc) is 2.27. The molecule has 0 bridgehead atoms. The molecule has 0 aliphatic carbocycles. The van der Waals surface area contributed by atoms with Gasteiger partial charge in [-0.15, -0.1) is 0 Å². The Bertz CT molecular complexity index is 429. The highest BCUT2D eigenvalue weighted by molar-refractivity contribution is 7.97. The highest BCUT2D eigenvalue weighted by Crippen LogP contribution is 2.27. The molecule has 1 aromatic rings. The molecule has 0 saturated carbocycles. The quantitative estimate of drug-likeness (QED) is 0.429. The van der Waals surface area contributed by atoms with E-state index in [1.54, 1.807) is 6.08 Å². The van der Waals surface area contributed by atoms with Gasteiger partial charge in [-0.05, 0) is 29.7 Å². The van der Waals surface area contributed by atoms with E-state index in [9.17, 15) is 4.79 Å². The summed E-state index contributed by atoms with van der Waals surface area (Å²) >= 11 is 1.37. The molecule has 2 rings (SSSR count). The summed E-state index contributed by atoms with van der Waals surface area (Å²) in [6, 6.07) is 7.74. The summed E-state index contributed by atoms with van der Waals surface area (Å²) in [5.74, 6) is -0.447. The summed E-state index contributed by atoms with van der Waals surface area (Å²) < 4.78 is 2.88. The minimum atomic E-state index is -0.447. The van der Waals surface area contributed by atoms with Crippen molar-refractivity contribution in [1.29, 1.82) is 0 Å². The van der Waals surface area contributed by atoms with Crippen LogP contribution >= 0.6 is 11.9 Å². The summed E-state index contributed by atoms with van der Waals surface area (Å²) in [6.07, 6.45) is 1.72. The van der Waals surface area contributed by atoms with Crippen LogP contribution in [0.4, 0.5) is 0 Å². The number of fused-ring (bicyclic) bond motifs is 1. The van der Waals surface area contributed by atoms with E-state index < -0.39 is 5.91 Å². The second-order valence-electron chi connectivity index (χ2n) is 3.13. The third-order valence-corrected chi connectivity index (χ3v) is 2.93. The van der Waals surface area contributed by atoms with E-state index in [-0.39, 0.29) is 0 Å². The van der Waals surface area contributed by atoms with Crippen molar-refractivity contribution in [2.45, 2.75) is 4.90 Å². The highest BCUT2D eigenvalue weighted by Gasteiger charge is 2.18. The van der Waals surface area contributed by atoms with Crippen LogP contribution in [0.25, 0.3) is 6.08 Å². The van der Waals surface area contributed by atoms with E-state index in [4.69, 9.17) is 5.21 Å². The number of likely N-dealkylation sites (N-methyl/N-ethyl adjacent to an activating group) is 1. The zero-order chi connectivity index (χ0) is 10.8. The van der Waals surface area contributed by atoms with Gasteiger partial charge < -0.3 is 4.72 Å². The van der Waals surface area contributed by atoms with Crippen LogP contribution in [0.3, 0.4) is 0 Å². The normalized spacial score (nSPS) is 13.6. The van der Waals surface area contributed by atoms with Crippen molar-refractivity contribution in [3.8, 4) is 0 Å². The topological polar surface area (TPSA) is 52.6 Å². The fourth-order valence-corrected chi connectivity index (χ4v) is 2.02. The largest absolute Gasteiger partial charge is 0.321 e. The van der Waals surface area contributed by atoms with Crippen molar-refractivity contribution in [2.24, 2.45) is 0 Å². The van der Waals surface area contributed by atoms with Gasteiger partial charge in [0.2, 0.25) is 0 Å². The summed E-state index contributed by atoms with van der Waals surface area (Å²) in [5.41, 5.74) is 1.36. The molecule has 5 heteroatoms. The first-order chi connectivity index (χ1) is 7.18. The first-order valence-electron chi connectivity index (χ1n) is 4.39. The molecular formula is C10H10N2O2S. The number of carbonyl (C=O) groups excluding carboxylic acids is 1. The molecule has 1 heterocycles. The van der Waals surface area contributed by atoms with E-state index in [2.05, 4.69) is 4.72 Å². The van der Waals surface area contributed by atoms with Crippen LogP contribution in [-0.4, -0.2) is 23.2 Å². The lowest BCUT2D eigenvalue weighted by atomic mass is 10.2. The van der Waals surface area contributed by atoms with Crippen molar-refractivity contribution in [3.63, 3.8) is 0 Å². The third-order valence-electron chi connectivity index (χ3n) is 2.01. The third kappa shape index (κ3) is 1.98. The molecule has 0 unspecified atom stereocenters. The molecule has 1 aliphatic heterocycles. The van der Waals surface area contributed by atoms with Crippen LogP contribution < -0.4 is 4.72 Å². The minimum absolute atomic E-state index is 0.378. The Kier molecular flexibility index (Phi) is 2.66. The van der Waals surface area contributed by atoms with Gasteiger partial charge in [0.1, 0.15) is 5.70 Å². The molecule has 0 aromatic heterocycles. The van der Waals surface area contributed by atoms with Gasteiger partial charge in [-0.1, -0.05) is 18.2 Å². The van der Waals surface area contributed by atoms with E-state index in [1.165, 1.54) is 19.0 Å². The second kappa shape index (κ2) is 3.96. The van der Waals surface area contributed by atoms with E-state index in [1.807, 2.05) is 24.3 Å². The first-order valence-corrected chi connectivity index (χ1v) is 5.20. The van der Waals surface area contributed by atoms with Crippen molar-refractivity contribution in [1.82, 2.24) is 9.79 Å². The molecule has 0 atom stereocenters. The van der Waals surface area contributed by atoms with Gasteiger partial charge in [-0.2, -0.15) is 0 Å². The molecule has 0 spiro atoms. The Morgan fingerprint density at radius 1 is 1.47 bits per heavy atom. The number of carbonyl (C=O) groups is 1. The summed E-state index contributed by atoms with van der Waals surface area (Å²) in [7, 11) is 1.30. The van der Waals surface area contributed by atoms with Crippen LogP contribution in [0.15, 0.2) is 34.9 Å². The number of rotatable bonds is 1. The smallest absolute Gasteiger partial charge is 0.293 e. The lowest BCUT2D eigenvalue weighted by Gasteiger charge is -2.18. The van der Waals surface area contributed by atoms with E-state index in [0.29, 0.717) is 10.8 Å². The van der Waals surface area contributed by atoms with Gasteiger partial charge in [0, 0.05) is 11.9 Å². The van der Waals surface area contributed by atoms with Gasteiger partial charge in [-0.25, -0.2) is 5.06 Å². The van der Waals surface area contributed by atoms with Crippen molar-refractivity contribution in [3.05, 3.63) is 35.5 Å². The SMILES string of the molecule is CN(O)C(=O)C1=Cc2ccccc2SN1. The number of nitrogens with one attached hydrogen (secondary N) is 1. The molecule has 15 heavy (non-hydrogen) atoms. The molecule has 1 amide bonds. The van der Waals surface area contributed by atoms with Crippen molar-refractivity contribution >= 4 is 23.9 Å². The number of hydrogen-bond donors (Lipinski definition) is 2. The maximum Gasteiger partial charge on any atom is 0.293 e. The maximum atomic E-state index is 11.4. The van der Waals surface area contributed by atoms with Crippen LogP contribution in [0, 0.1) is 0 Å². The predicted octanol–water partition coefficient (Wildman–Crippen LogP) is 1.49. The van der Waals surface area contributed by atoms with Crippen molar-refractivity contribution in [2.75, 3.05) is 7.05 Å². The van der Waals surface area contributed by atoms with Crippen LogP contribution in [0.2, 0.25) is 0 Å². The molecule has 0 fully saturated rings. The van der Waals surface area contributed by atoms with Crippen LogP contribution in [-0.2, 0) is 4.79 Å². The summed E-state index contributed by atoms with van der Waals surface area (Å²) in [5, 5.41) is 9.58. The Morgan fingerprint density at radius 2 is 2.20 bits per heavy atom. The van der Waals surface area contributed by atoms with Gasteiger partial charge in [0.15, 0.2) is 0 Å². The molecular weight excluding hydrogens is 212 g/mol. The molecule has 4 nitrogen and oxygen atoms in total. The van der Waals surface area contributed by atoms with Gasteiger partial charge >= 0.3 is 0 Å². The lowest BCUT2D eigenvalue weighted by molar-refractivity contribution is -0.154. The Hall–Kier alpha value is -1.46. The Labute approximate surface area is 91.7 Å². The first kappa shape index (κ1) is 10.1. The monoisotopic (exact) mass is 222 g/mol.